The van der Waals surface area contributed by atoms with Gasteiger partial charge in [-0.1, -0.05) is 49.3 Å². The number of aliphatic imine (C=N–C) groups is 1. The van der Waals surface area contributed by atoms with E-state index in [1.54, 1.807) is 18.2 Å². The zero-order valence-electron chi connectivity index (χ0n) is 18.8. The van der Waals surface area contributed by atoms with E-state index in [1.807, 2.05) is 49.9 Å². The zero-order chi connectivity index (χ0) is 23.8. The molecule has 2 aliphatic heterocycles. The van der Waals surface area contributed by atoms with E-state index in [0.717, 1.165) is 5.56 Å². The number of hydrogen-bond donors (Lipinski definition) is 0. The number of amides is 1. The molecule has 0 saturated carbocycles. The Kier molecular flexibility index (Phi) is 7.07. The van der Waals surface area contributed by atoms with Crippen molar-refractivity contribution in [3.63, 3.8) is 0 Å². The van der Waals surface area contributed by atoms with Crippen LogP contribution in [0.4, 0.5) is 5.69 Å². The molecule has 2 aromatic rings. The molecule has 33 heavy (non-hydrogen) atoms. The Bertz CT molecular complexity index is 1190. The van der Waals surface area contributed by atoms with Crippen LogP contribution in [0.5, 0.6) is 11.5 Å². The van der Waals surface area contributed by atoms with Crippen molar-refractivity contribution in [1.82, 2.24) is 0 Å². The largest absolute Gasteiger partial charge is 0.455 e. The van der Waals surface area contributed by atoms with E-state index in [1.165, 1.54) is 11.8 Å². The summed E-state index contributed by atoms with van der Waals surface area (Å²) in [6, 6.07) is 12.6. The minimum Gasteiger partial charge on any atom is -0.455 e. The topological polar surface area (TPSA) is 76.0 Å². The number of fused-ring (bicyclic) bond motifs is 1. The van der Waals surface area contributed by atoms with Crippen molar-refractivity contribution in [3.8, 4) is 11.5 Å². The Labute approximate surface area is 204 Å². The number of carbonyl (C=O) groups is 1. The summed E-state index contributed by atoms with van der Waals surface area (Å²) in [5, 5.41) is 0.795. The van der Waals surface area contributed by atoms with Gasteiger partial charge in [0.25, 0.3) is 5.91 Å². The van der Waals surface area contributed by atoms with Gasteiger partial charge in [-0.2, -0.15) is 4.99 Å². The Hall–Kier alpha value is -2.03. The highest BCUT2D eigenvalue weighted by Crippen LogP contribution is 2.45. The average Bonchev–Trinajstić information content (AvgIpc) is 3.21. The van der Waals surface area contributed by atoms with Gasteiger partial charge in [0.1, 0.15) is 5.75 Å². The molecule has 9 heteroatoms. The van der Waals surface area contributed by atoms with E-state index in [9.17, 15) is 13.2 Å². The number of nitrogens with zero attached hydrogens (tertiary/aromatic N) is 2. The van der Waals surface area contributed by atoms with E-state index in [0.29, 0.717) is 40.2 Å². The third-order valence-corrected chi connectivity index (χ3v) is 9.45. The second kappa shape index (κ2) is 9.68. The van der Waals surface area contributed by atoms with E-state index in [2.05, 4.69) is 4.99 Å². The number of sulfone groups is 1. The Morgan fingerprint density at radius 1 is 1.21 bits per heavy atom. The van der Waals surface area contributed by atoms with Gasteiger partial charge in [-0.25, -0.2) is 8.42 Å². The number of thioether (sulfide) groups is 1. The van der Waals surface area contributed by atoms with Crippen LogP contribution in [0.25, 0.3) is 0 Å². The molecule has 0 N–H and O–H groups in total. The number of rotatable bonds is 6. The molecule has 4 rings (SSSR count). The SMILES string of the molecule is CCC(CC)C(=O)N=C1S[C@@H]2CS(=O)(=O)C[C@@H]2N1c1cc(Cl)ccc1Oc1cccc(C)c1. The van der Waals surface area contributed by atoms with Crippen LogP contribution >= 0.6 is 23.4 Å². The Morgan fingerprint density at radius 2 is 1.97 bits per heavy atom. The fourth-order valence-corrected chi connectivity index (χ4v) is 8.32. The predicted molar refractivity (Wildman–Crippen MR) is 136 cm³/mol. The van der Waals surface area contributed by atoms with Crippen LogP contribution in [-0.4, -0.2) is 42.3 Å². The van der Waals surface area contributed by atoms with E-state index in [-0.39, 0.29) is 34.6 Å². The molecule has 6 nitrogen and oxygen atoms in total. The van der Waals surface area contributed by atoms with Crippen LogP contribution in [-0.2, 0) is 14.6 Å². The fraction of sp³-hybridized carbons (Fsp3) is 0.417. The second-order valence-corrected chi connectivity index (χ2v) is 12.2. The van der Waals surface area contributed by atoms with Crippen LogP contribution in [0.2, 0.25) is 5.02 Å². The first kappa shape index (κ1) is 24.1. The lowest BCUT2D eigenvalue weighted by molar-refractivity contribution is -0.121. The maximum atomic E-state index is 12.9. The number of carbonyl (C=O) groups excluding carboxylic acids is 1. The summed E-state index contributed by atoms with van der Waals surface area (Å²) in [6.45, 7) is 5.92. The van der Waals surface area contributed by atoms with Crippen LogP contribution in [0.3, 0.4) is 0 Å². The summed E-state index contributed by atoms with van der Waals surface area (Å²) in [5.41, 5.74) is 1.66. The third-order valence-electron chi connectivity index (χ3n) is 6.01. The first-order valence-corrected chi connectivity index (χ1v) is 14.1. The molecule has 0 bridgehead atoms. The monoisotopic (exact) mass is 506 g/mol. The van der Waals surface area contributed by atoms with Gasteiger partial charge in [-0.05, 0) is 55.7 Å². The summed E-state index contributed by atoms with van der Waals surface area (Å²) < 4.78 is 31.1. The minimum atomic E-state index is -3.19. The van der Waals surface area contributed by atoms with E-state index in [4.69, 9.17) is 16.3 Å². The lowest BCUT2D eigenvalue weighted by atomic mass is 10.0. The third kappa shape index (κ3) is 5.23. The van der Waals surface area contributed by atoms with E-state index < -0.39 is 9.84 Å². The first-order chi connectivity index (χ1) is 15.7. The first-order valence-electron chi connectivity index (χ1n) is 11.0. The number of amidine groups is 1. The Balaban J connectivity index is 1.79. The molecule has 0 aromatic heterocycles. The van der Waals surface area contributed by atoms with Crippen LogP contribution in [0.1, 0.15) is 32.3 Å². The number of hydrogen-bond acceptors (Lipinski definition) is 5. The molecule has 2 aromatic carbocycles. The molecular formula is C24H27ClN2O4S2. The molecule has 2 heterocycles. The molecule has 1 amide bonds. The highest BCUT2D eigenvalue weighted by molar-refractivity contribution is 8.16. The lowest BCUT2D eigenvalue weighted by Crippen LogP contribution is -2.38. The molecule has 0 spiro atoms. The van der Waals surface area contributed by atoms with E-state index >= 15 is 0 Å². The second-order valence-electron chi connectivity index (χ2n) is 8.45. The molecule has 176 valence electrons. The molecule has 2 atom stereocenters. The number of aryl methyl sites for hydroxylation is 1. The molecule has 2 aliphatic rings. The quantitative estimate of drug-likeness (QED) is 0.516. The number of halogens is 1. The summed E-state index contributed by atoms with van der Waals surface area (Å²) in [7, 11) is -3.19. The summed E-state index contributed by atoms with van der Waals surface area (Å²) >= 11 is 7.71. The maximum absolute atomic E-state index is 12.9. The molecule has 2 fully saturated rings. The van der Waals surface area contributed by atoms with Crippen molar-refractivity contribution < 1.29 is 17.9 Å². The predicted octanol–water partition coefficient (Wildman–Crippen LogP) is 5.48. The Morgan fingerprint density at radius 3 is 2.67 bits per heavy atom. The van der Waals surface area contributed by atoms with Crippen molar-refractivity contribution in [2.45, 2.75) is 44.9 Å². The smallest absolute Gasteiger partial charge is 0.251 e. The van der Waals surface area contributed by atoms with Gasteiger partial charge in [-0.3, -0.25) is 4.79 Å². The van der Waals surface area contributed by atoms with Gasteiger partial charge in [0.05, 0.1) is 23.2 Å². The molecule has 0 unspecified atom stereocenters. The lowest BCUT2D eigenvalue weighted by Gasteiger charge is -2.27. The fourth-order valence-electron chi connectivity index (χ4n) is 4.24. The van der Waals surface area contributed by atoms with Gasteiger partial charge in [0.15, 0.2) is 20.8 Å². The molecule has 0 aliphatic carbocycles. The van der Waals surface area contributed by atoms with Gasteiger partial charge in [0, 0.05) is 16.2 Å². The van der Waals surface area contributed by atoms with Crippen LogP contribution < -0.4 is 9.64 Å². The van der Waals surface area contributed by atoms with Crippen molar-refractivity contribution in [2.75, 3.05) is 16.4 Å². The van der Waals surface area contributed by atoms with Gasteiger partial charge in [0.2, 0.25) is 0 Å². The van der Waals surface area contributed by atoms with Crippen molar-refractivity contribution in [2.24, 2.45) is 10.9 Å². The molecule has 2 saturated heterocycles. The standard InChI is InChI=1S/C24H27ClN2O4S2/c1-4-16(5-2)23(28)26-24-27(20-13-33(29,30)14-22(20)32-24)19-12-17(25)9-10-21(19)31-18-8-6-7-15(3)11-18/h6-12,16,20,22H,4-5,13-14H2,1-3H3/t20-,22+/m0/s1. The van der Waals surface area contributed by atoms with Gasteiger partial charge >= 0.3 is 0 Å². The summed E-state index contributed by atoms with van der Waals surface area (Å²) in [5.74, 6) is 0.904. The van der Waals surface area contributed by atoms with Crippen LogP contribution in [0.15, 0.2) is 47.5 Å². The van der Waals surface area contributed by atoms with Gasteiger partial charge in [-0.15, -0.1) is 0 Å². The summed E-state index contributed by atoms with van der Waals surface area (Å²) in [6.07, 6.45) is 1.41. The highest BCUT2D eigenvalue weighted by Gasteiger charge is 2.50. The zero-order valence-corrected chi connectivity index (χ0v) is 21.2. The number of benzene rings is 2. The molecular weight excluding hydrogens is 480 g/mol. The van der Waals surface area contributed by atoms with Crippen LogP contribution in [0, 0.1) is 12.8 Å². The maximum Gasteiger partial charge on any atom is 0.251 e. The minimum absolute atomic E-state index is 0.000734. The number of ether oxygens (including phenoxy) is 1. The van der Waals surface area contributed by atoms with Crippen molar-refractivity contribution in [3.05, 3.63) is 53.1 Å². The highest BCUT2D eigenvalue weighted by atomic mass is 35.5. The normalized spacial score (nSPS) is 22.7. The van der Waals surface area contributed by atoms with Gasteiger partial charge < -0.3 is 9.64 Å². The van der Waals surface area contributed by atoms with Crippen molar-refractivity contribution >= 4 is 50.0 Å². The molecule has 0 radical (unpaired) electrons. The average molecular weight is 507 g/mol. The van der Waals surface area contributed by atoms with Crippen molar-refractivity contribution in [1.29, 1.82) is 0 Å². The summed E-state index contributed by atoms with van der Waals surface area (Å²) in [4.78, 5) is 19.2. The number of anilines is 1.